The van der Waals surface area contributed by atoms with E-state index in [4.69, 9.17) is 18.9 Å². The number of carbonyl (C=O) groups is 4. The fourth-order valence-corrected chi connectivity index (χ4v) is 3.87. The molecule has 1 aliphatic carbocycles. The molecule has 2 aliphatic heterocycles. The van der Waals surface area contributed by atoms with E-state index in [1.165, 1.54) is 6.92 Å². The normalized spacial score (nSPS) is 37.3. The topological polar surface area (TPSA) is 129 Å². The van der Waals surface area contributed by atoms with Gasteiger partial charge in [0.05, 0.1) is 12.5 Å². The van der Waals surface area contributed by atoms with Crippen LogP contribution in [0.5, 0.6) is 0 Å². The van der Waals surface area contributed by atoms with Crippen LogP contribution in [-0.2, 0) is 38.1 Å². The minimum atomic E-state index is -1.36. The lowest BCUT2D eigenvalue weighted by Crippen LogP contribution is -2.51. The van der Waals surface area contributed by atoms with Gasteiger partial charge in [-0.05, 0) is 19.8 Å². The van der Waals surface area contributed by atoms with Crippen LogP contribution in [0.2, 0.25) is 0 Å². The number of epoxide rings is 1. The lowest BCUT2D eigenvalue weighted by molar-refractivity contribution is -0.171. The molecule has 0 saturated carbocycles. The van der Waals surface area contributed by atoms with Crippen LogP contribution in [0.3, 0.4) is 0 Å². The Morgan fingerprint density at radius 1 is 1.33 bits per heavy atom. The van der Waals surface area contributed by atoms with Crippen LogP contribution in [0.15, 0.2) is 36.0 Å². The molecule has 0 bridgehead atoms. The highest BCUT2D eigenvalue weighted by Gasteiger charge is 2.61. The fourth-order valence-electron chi connectivity index (χ4n) is 3.87. The van der Waals surface area contributed by atoms with E-state index in [1.807, 2.05) is 0 Å². The van der Waals surface area contributed by atoms with Crippen molar-refractivity contribution >= 4 is 24.2 Å². The molecular formula is C21H24O9. The van der Waals surface area contributed by atoms with Crippen molar-refractivity contribution < 1.29 is 43.2 Å². The molecule has 0 aromatic rings. The number of aliphatic hydroxyl groups excluding tert-OH is 1. The zero-order chi connectivity index (χ0) is 22.2. The Bertz CT molecular complexity index is 835. The third kappa shape index (κ3) is 3.95. The van der Waals surface area contributed by atoms with Gasteiger partial charge in [0.2, 0.25) is 0 Å². The zero-order valence-corrected chi connectivity index (χ0v) is 16.8. The number of aldehydes is 1. The molecule has 0 aromatic heterocycles. The van der Waals surface area contributed by atoms with Crippen LogP contribution in [0.25, 0.3) is 0 Å². The van der Waals surface area contributed by atoms with Crippen molar-refractivity contribution in [3.8, 4) is 0 Å². The molecule has 3 aliphatic rings. The minimum Gasteiger partial charge on any atom is -0.455 e. The molecule has 1 N–H and O–H groups in total. The summed E-state index contributed by atoms with van der Waals surface area (Å²) in [7, 11) is 0. The van der Waals surface area contributed by atoms with Gasteiger partial charge in [-0.2, -0.15) is 0 Å². The lowest BCUT2D eigenvalue weighted by atomic mass is 9.78. The van der Waals surface area contributed by atoms with Gasteiger partial charge in [0, 0.05) is 23.6 Å². The van der Waals surface area contributed by atoms with E-state index < -0.39 is 53.8 Å². The van der Waals surface area contributed by atoms with Crippen molar-refractivity contribution in [1.29, 1.82) is 0 Å². The number of ether oxygens (including phenoxy) is 4. The van der Waals surface area contributed by atoms with E-state index in [2.05, 4.69) is 13.2 Å². The van der Waals surface area contributed by atoms with Gasteiger partial charge in [0.15, 0.2) is 12.2 Å². The van der Waals surface area contributed by atoms with Crippen molar-refractivity contribution in [1.82, 2.24) is 0 Å². The molecule has 0 unspecified atom stereocenters. The molecular weight excluding hydrogens is 396 g/mol. The molecule has 9 nitrogen and oxygen atoms in total. The van der Waals surface area contributed by atoms with E-state index in [9.17, 15) is 24.3 Å². The maximum atomic E-state index is 12.4. The molecule has 0 amide bonds. The summed E-state index contributed by atoms with van der Waals surface area (Å²) in [5.41, 5.74) is -0.907. The Morgan fingerprint density at radius 2 is 2.00 bits per heavy atom. The summed E-state index contributed by atoms with van der Waals surface area (Å²) in [5.74, 6) is -3.41. The average molecular weight is 420 g/mol. The van der Waals surface area contributed by atoms with Crippen LogP contribution < -0.4 is 0 Å². The summed E-state index contributed by atoms with van der Waals surface area (Å²) >= 11 is 0. The smallest absolute Gasteiger partial charge is 0.334 e. The third-order valence-electron chi connectivity index (χ3n) is 5.58. The monoisotopic (exact) mass is 420 g/mol. The van der Waals surface area contributed by atoms with Crippen molar-refractivity contribution in [2.24, 2.45) is 5.92 Å². The number of carbonyl (C=O) groups excluding carboxylic acids is 4. The van der Waals surface area contributed by atoms with Gasteiger partial charge in [-0.25, -0.2) is 9.59 Å². The van der Waals surface area contributed by atoms with Crippen molar-refractivity contribution in [3.05, 3.63) is 36.0 Å². The van der Waals surface area contributed by atoms with E-state index in [-0.39, 0.29) is 23.3 Å². The largest absolute Gasteiger partial charge is 0.455 e. The fraction of sp³-hybridized carbons (Fsp3) is 0.524. The Labute approximate surface area is 173 Å². The molecule has 0 radical (unpaired) electrons. The van der Waals surface area contributed by atoms with Gasteiger partial charge >= 0.3 is 17.9 Å². The first kappa shape index (κ1) is 21.9. The lowest BCUT2D eigenvalue weighted by Gasteiger charge is -2.36. The SMILES string of the molecule is C=C(C)C(=O)O[C@H]1[C@H]2C(=C)C(=O)O[C@@H]2[C@H](O)[C@@]2(CC/C=C(\C=O)[C@@H]1OC(C)=O)CO2. The van der Waals surface area contributed by atoms with Gasteiger partial charge < -0.3 is 24.1 Å². The van der Waals surface area contributed by atoms with Crippen LogP contribution in [0.4, 0.5) is 0 Å². The summed E-state index contributed by atoms with van der Waals surface area (Å²) in [6.07, 6.45) is -2.38. The van der Waals surface area contributed by atoms with Gasteiger partial charge in [-0.15, -0.1) is 0 Å². The number of aliphatic hydroxyl groups is 1. The van der Waals surface area contributed by atoms with Crippen LogP contribution >= 0.6 is 0 Å². The van der Waals surface area contributed by atoms with Crippen molar-refractivity contribution in [2.45, 2.75) is 56.7 Å². The quantitative estimate of drug-likeness (QED) is 0.228. The molecule has 2 heterocycles. The highest BCUT2D eigenvalue weighted by Crippen LogP contribution is 2.45. The van der Waals surface area contributed by atoms with Crippen molar-refractivity contribution in [2.75, 3.05) is 6.61 Å². The summed E-state index contributed by atoms with van der Waals surface area (Å²) in [5, 5.41) is 11.0. The maximum Gasteiger partial charge on any atom is 0.334 e. The molecule has 3 rings (SSSR count). The third-order valence-corrected chi connectivity index (χ3v) is 5.58. The summed E-state index contributed by atoms with van der Waals surface area (Å²) in [4.78, 5) is 48.3. The van der Waals surface area contributed by atoms with E-state index >= 15 is 0 Å². The Hall–Kier alpha value is -2.78. The predicted octanol–water partition coefficient (Wildman–Crippen LogP) is 0.553. The van der Waals surface area contributed by atoms with Crippen LogP contribution in [-0.4, -0.2) is 65.9 Å². The van der Waals surface area contributed by atoms with E-state index in [0.717, 1.165) is 6.92 Å². The summed E-state index contributed by atoms with van der Waals surface area (Å²) < 4.78 is 21.7. The molecule has 0 aromatic carbocycles. The predicted molar refractivity (Wildman–Crippen MR) is 101 cm³/mol. The molecule has 2 saturated heterocycles. The Balaban J connectivity index is 2.15. The van der Waals surface area contributed by atoms with Gasteiger partial charge in [-0.3, -0.25) is 9.59 Å². The number of fused-ring (bicyclic) bond motifs is 1. The van der Waals surface area contributed by atoms with E-state index in [1.54, 1.807) is 6.08 Å². The summed E-state index contributed by atoms with van der Waals surface area (Å²) in [6, 6.07) is 0. The minimum absolute atomic E-state index is 0.0558. The number of allylic oxidation sites excluding steroid dienone is 1. The molecule has 162 valence electrons. The molecule has 9 heteroatoms. The highest BCUT2D eigenvalue weighted by atomic mass is 16.6. The highest BCUT2D eigenvalue weighted by molar-refractivity contribution is 5.92. The second-order valence-electron chi connectivity index (χ2n) is 7.76. The molecule has 6 atom stereocenters. The van der Waals surface area contributed by atoms with Crippen molar-refractivity contribution in [3.63, 3.8) is 0 Å². The van der Waals surface area contributed by atoms with Crippen LogP contribution in [0, 0.1) is 5.92 Å². The number of hydrogen-bond donors (Lipinski definition) is 1. The molecule has 1 spiro atoms. The van der Waals surface area contributed by atoms with Gasteiger partial charge in [0.1, 0.15) is 24.1 Å². The van der Waals surface area contributed by atoms with Gasteiger partial charge in [-0.1, -0.05) is 19.2 Å². The van der Waals surface area contributed by atoms with Gasteiger partial charge in [0.25, 0.3) is 0 Å². The first-order valence-corrected chi connectivity index (χ1v) is 9.52. The number of rotatable bonds is 4. The average Bonchev–Trinajstić information content (AvgIpc) is 3.41. The summed E-state index contributed by atoms with van der Waals surface area (Å²) in [6.45, 7) is 10.1. The van der Waals surface area contributed by atoms with E-state index in [0.29, 0.717) is 19.1 Å². The molecule has 30 heavy (non-hydrogen) atoms. The molecule has 2 fully saturated rings. The Kier molecular flexibility index (Phi) is 5.96. The first-order chi connectivity index (χ1) is 14.1. The second kappa shape index (κ2) is 8.16. The number of esters is 3. The Morgan fingerprint density at radius 3 is 2.53 bits per heavy atom. The second-order valence-corrected chi connectivity index (χ2v) is 7.76. The van der Waals surface area contributed by atoms with Crippen LogP contribution in [0.1, 0.15) is 26.7 Å². The standard InChI is InChI=1S/C21H24O9/c1-10(2)19(25)29-16-14-11(3)20(26)30-17(14)18(24)21(9-27-21)7-5-6-13(8-22)15(16)28-12(4)23/h6,8,14-18,24H,1,3,5,7,9H2,2,4H3/b13-6+/t14-,15+,16+,17+,18+,21-/m1/s1. The first-order valence-electron chi connectivity index (χ1n) is 9.52. The number of hydrogen-bond acceptors (Lipinski definition) is 9. The zero-order valence-electron chi connectivity index (χ0n) is 16.8. The maximum absolute atomic E-state index is 12.4.